The third-order valence-electron chi connectivity index (χ3n) is 2.64. The van der Waals surface area contributed by atoms with E-state index in [-0.39, 0.29) is 5.75 Å². The van der Waals surface area contributed by atoms with E-state index in [2.05, 4.69) is 0 Å². The summed E-state index contributed by atoms with van der Waals surface area (Å²) in [6.45, 7) is 0. The fraction of sp³-hybridized carbons (Fsp3) is 0.0769. The molecule has 2 aromatic rings. The Bertz CT molecular complexity index is 654. The van der Waals surface area contributed by atoms with Crippen LogP contribution in [0.2, 0.25) is 0 Å². The van der Waals surface area contributed by atoms with E-state index in [1.54, 1.807) is 0 Å². The predicted molar refractivity (Wildman–Crippen MR) is 58.2 cm³/mol. The molecular weight excluding hydrogens is 286 g/mol. The zero-order chi connectivity index (χ0) is 15.0. The Morgan fingerprint density at radius 1 is 0.750 bits per heavy atom. The van der Waals surface area contributed by atoms with Crippen molar-refractivity contribution in [1.29, 1.82) is 0 Å². The van der Waals surface area contributed by atoms with Gasteiger partial charge in [-0.2, -0.15) is 0 Å². The Kier molecular flexibility index (Phi) is 3.61. The van der Waals surface area contributed by atoms with Crippen molar-refractivity contribution in [3.8, 4) is 16.9 Å². The predicted octanol–water partition coefficient (Wildman–Crippen LogP) is 4.20. The van der Waals surface area contributed by atoms with E-state index in [9.17, 15) is 26.3 Å². The van der Waals surface area contributed by atoms with E-state index in [1.807, 2.05) is 0 Å². The van der Waals surface area contributed by atoms with Gasteiger partial charge in [-0.1, -0.05) is 0 Å². The van der Waals surface area contributed by atoms with Crippen molar-refractivity contribution >= 4 is 0 Å². The summed E-state index contributed by atoms with van der Waals surface area (Å²) in [6, 6.07) is 2.56. The van der Waals surface area contributed by atoms with E-state index in [1.165, 1.54) is 0 Å². The molecule has 0 fully saturated rings. The zero-order valence-electron chi connectivity index (χ0n) is 9.91. The van der Waals surface area contributed by atoms with E-state index < -0.39 is 46.0 Å². The molecule has 0 bridgehead atoms. The second-order valence-electron chi connectivity index (χ2n) is 3.79. The lowest BCUT2D eigenvalue weighted by Gasteiger charge is -2.12. The Balaban J connectivity index is 2.86. The summed E-state index contributed by atoms with van der Waals surface area (Å²) in [5.41, 5.74) is -1.81. The molecule has 0 N–H and O–H groups in total. The second-order valence-corrected chi connectivity index (χ2v) is 3.79. The maximum atomic E-state index is 13.6. The van der Waals surface area contributed by atoms with Gasteiger partial charge in [-0.15, -0.1) is 0 Å². The normalized spacial score (nSPS) is 10.8. The number of rotatable bonds is 2. The first-order valence-corrected chi connectivity index (χ1v) is 5.23. The second kappa shape index (κ2) is 5.07. The highest BCUT2D eigenvalue weighted by molar-refractivity contribution is 5.72. The van der Waals surface area contributed by atoms with E-state index in [0.29, 0.717) is 6.07 Å². The molecule has 2 aromatic carbocycles. The highest BCUT2D eigenvalue weighted by atomic mass is 19.2. The minimum atomic E-state index is -2.28. The van der Waals surface area contributed by atoms with Gasteiger partial charge in [-0.25, -0.2) is 26.3 Å². The first kappa shape index (κ1) is 14.2. The van der Waals surface area contributed by atoms with Gasteiger partial charge in [0.2, 0.25) is 5.82 Å². The summed E-state index contributed by atoms with van der Waals surface area (Å²) in [5, 5.41) is 0. The molecule has 0 heterocycles. The van der Waals surface area contributed by atoms with Crippen LogP contribution >= 0.6 is 0 Å². The molecule has 0 aliphatic rings. The number of ether oxygens (including phenoxy) is 1. The molecule has 0 spiro atoms. The van der Waals surface area contributed by atoms with E-state index in [0.717, 1.165) is 19.2 Å². The first-order valence-electron chi connectivity index (χ1n) is 5.23. The minimum Gasteiger partial charge on any atom is -0.496 e. The number of hydrogen-bond donors (Lipinski definition) is 0. The topological polar surface area (TPSA) is 9.23 Å². The molecule has 0 amide bonds. The van der Waals surface area contributed by atoms with Crippen LogP contribution in [0.15, 0.2) is 18.2 Å². The largest absolute Gasteiger partial charge is 0.496 e. The summed E-state index contributed by atoms with van der Waals surface area (Å²) < 4.78 is 84.4. The lowest BCUT2D eigenvalue weighted by atomic mass is 10.0. The number of benzene rings is 2. The van der Waals surface area contributed by atoms with Crippen LogP contribution in [0.5, 0.6) is 5.75 Å². The van der Waals surface area contributed by atoms with Crippen molar-refractivity contribution in [2.45, 2.75) is 0 Å². The summed E-state index contributed by atoms with van der Waals surface area (Å²) in [6.07, 6.45) is 0. The van der Waals surface area contributed by atoms with Crippen molar-refractivity contribution in [3.05, 3.63) is 53.1 Å². The molecule has 0 aromatic heterocycles. The molecule has 0 unspecified atom stereocenters. The van der Waals surface area contributed by atoms with Crippen molar-refractivity contribution < 1.29 is 31.1 Å². The number of hydrogen-bond acceptors (Lipinski definition) is 1. The molecule has 106 valence electrons. The fourth-order valence-electron chi connectivity index (χ4n) is 1.72. The van der Waals surface area contributed by atoms with Crippen LogP contribution < -0.4 is 4.74 Å². The molecule has 0 atom stereocenters. The molecule has 0 saturated carbocycles. The molecule has 2 rings (SSSR count). The maximum absolute atomic E-state index is 13.6. The van der Waals surface area contributed by atoms with Crippen LogP contribution in [0.25, 0.3) is 11.1 Å². The van der Waals surface area contributed by atoms with E-state index in [4.69, 9.17) is 4.74 Å². The standard InChI is InChI=1S/C13H6F6O/c1-20-7-3-2-5(14)4-6(7)8-9(15)11(17)13(19)12(18)10(8)16/h2-4H,1H3. The molecule has 0 saturated heterocycles. The number of methoxy groups -OCH3 is 1. The Morgan fingerprint density at radius 3 is 1.75 bits per heavy atom. The Labute approximate surface area is 109 Å². The quantitative estimate of drug-likeness (QED) is 0.458. The molecule has 0 radical (unpaired) electrons. The lowest BCUT2D eigenvalue weighted by Crippen LogP contribution is -2.05. The third kappa shape index (κ3) is 2.09. The minimum absolute atomic E-state index is 0.227. The van der Waals surface area contributed by atoms with Crippen molar-refractivity contribution in [2.24, 2.45) is 0 Å². The van der Waals surface area contributed by atoms with Gasteiger partial charge >= 0.3 is 0 Å². The highest BCUT2D eigenvalue weighted by Gasteiger charge is 2.28. The fourth-order valence-corrected chi connectivity index (χ4v) is 1.72. The van der Waals surface area contributed by atoms with Gasteiger partial charge in [0.05, 0.1) is 12.7 Å². The van der Waals surface area contributed by atoms with Gasteiger partial charge < -0.3 is 4.74 Å². The molecular formula is C13H6F6O. The average molecular weight is 292 g/mol. The molecule has 0 aliphatic heterocycles. The van der Waals surface area contributed by atoms with Crippen molar-refractivity contribution in [2.75, 3.05) is 7.11 Å². The van der Waals surface area contributed by atoms with Gasteiger partial charge in [0.25, 0.3) is 0 Å². The molecule has 0 aliphatic carbocycles. The highest BCUT2D eigenvalue weighted by Crippen LogP contribution is 2.37. The van der Waals surface area contributed by atoms with Crippen LogP contribution in [0.3, 0.4) is 0 Å². The summed E-state index contributed by atoms with van der Waals surface area (Å²) in [4.78, 5) is 0. The third-order valence-corrected chi connectivity index (χ3v) is 2.64. The van der Waals surface area contributed by atoms with Gasteiger partial charge in [-0.3, -0.25) is 0 Å². The van der Waals surface area contributed by atoms with E-state index >= 15 is 0 Å². The molecule has 1 nitrogen and oxygen atoms in total. The molecule has 20 heavy (non-hydrogen) atoms. The van der Waals surface area contributed by atoms with Gasteiger partial charge in [-0.05, 0) is 18.2 Å². The monoisotopic (exact) mass is 292 g/mol. The summed E-state index contributed by atoms with van der Waals surface area (Å²) in [7, 11) is 1.11. The van der Waals surface area contributed by atoms with Crippen LogP contribution in [-0.4, -0.2) is 7.11 Å². The Morgan fingerprint density at radius 2 is 1.25 bits per heavy atom. The van der Waals surface area contributed by atoms with Gasteiger partial charge in [0.15, 0.2) is 23.3 Å². The van der Waals surface area contributed by atoms with Crippen LogP contribution in [0.4, 0.5) is 26.3 Å². The summed E-state index contributed by atoms with van der Waals surface area (Å²) in [5.74, 6) is -11.7. The van der Waals surface area contributed by atoms with Crippen LogP contribution in [-0.2, 0) is 0 Å². The number of halogens is 6. The maximum Gasteiger partial charge on any atom is 0.200 e. The molecule has 7 heteroatoms. The SMILES string of the molecule is COc1ccc(F)cc1-c1c(F)c(F)c(F)c(F)c1F. The average Bonchev–Trinajstić information content (AvgIpc) is 2.43. The van der Waals surface area contributed by atoms with Gasteiger partial charge in [0, 0.05) is 5.56 Å². The van der Waals surface area contributed by atoms with Crippen LogP contribution in [0, 0.1) is 34.9 Å². The van der Waals surface area contributed by atoms with Crippen molar-refractivity contribution in [1.82, 2.24) is 0 Å². The summed E-state index contributed by atoms with van der Waals surface area (Å²) >= 11 is 0. The zero-order valence-corrected chi connectivity index (χ0v) is 9.91. The van der Waals surface area contributed by atoms with Crippen molar-refractivity contribution in [3.63, 3.8) is 0 Å². The smallest absolute Gasteiger partial charge is 0.200 e. The first-order chi connectivity index (χ1) is 9.38. The van der Waals surface area contributed by atoms with Crippen LogP contribution in [0.1, 0.15) is 0 Å². The van der Waals surface area contributed by atoms with Gasteiger partial charge in [0.1, 0.15) is 11.6 Å². The Hall–Kier alpha value is -2.18. The lowest BCUT2D eigenvalue weighted by molar-refractivity contribution is 0.379.